The van der Waals surface area contributed by atoms with Crippen LogP contribution >= 0.6 is 11.8 Å². The minimum absolute atomic E-state index is 0.140. The molecular formula is C35H41N3O5S. The number of hydrogen-bond donors (Lipinski definition) is 1. The van der Waals surface area contributed by atoms with Crippen LogP contribution in [0.15, 0.2) is 66.8 Å². The second kappa shape index (κ2) is 11.4. The van der Waals surface area contributed by atoms with Gasteiger partial charge in [-0.1, -0.05) is 43.4 Å². The summed E-state index contributed by atoms with van der Waals surface area (Å²) < 4.78 is 3.91. The van der Waals surface area contributed by atoms with Gasteiger partial charge in [0.05, 0.1) is 35.8 Å². The van der Waals surface area contributed by atoms with Gasteiger partial charge >= 0.3 is 0 Å². The highest BCUT2D eigenvalue weighted by Gasteiger charge is 2.74. The minimum Gasteiger partial charge on any atom is -0.494 e. The van der Waals surface area contributed by atoms with Crippen LogP contribution in [-0.2, 0) is 14.4 Å². The van der Waals surface area contributed by atoms with E-state index in [9.17, 15) is 19.5 Å². The lowest BCUT2D eigenvalue weighted by Gasteiger charge is -2.39. The molecule has 1 unspecified atom stereocenters. The number of nitrogens with zero attached hydrogens (tertiary/aromatic N) is 3. The van der Waals surface area contributed by atoms with E-state index in [4.69, 9.17) is 4.74 Å². The average Bonchev–Trinajstić information content (AvgIpc) is 3.27. The first kappa shape index (κ1) is 30.5. The Labute approximate surface area is 263 Å². The molecule has 0 saturated carbocycles. The van der Waals surface area contributed by atoms with E-state index < -0.39 is 33.4 Å². The fraction of sp³-hybridized carbons (Fsp3) is 0.457. The molecule has 1 N–H and O–H groups in total. The molecule has 8 nitrogen and oxygen atoms in total. The molecule has 3 amide bonds. The predicted molar refractivity (Wildman–Crippen MR) is 174 cm³/mol. The van der Waals surface area contributed by atoms with Crippen molar-refractivity contribution < 1.29 is 24.2 Å². The molecule has 2 aromatic rings. The highest BCUT2D eigenvalue weighted by Crippen LogP contribution is 2.66. The summed E-state index contributed by atoms with van der Waals surface area (Å²) in [6, 6.07) is 12.1. The first-order chi connectivity index (χ1) is 21.1. The van der Waals surface area contributed by atoms with Gasteiger partial charge < -0.3 is 24.5 Å². The maximum absolute atomic E-state index is 14.8. The number of aryl methyl sites for hydroxylation is 2. The second-order valence-corrected chi connectivity index (χ2v) is 14.2. The van der Waals surface area contributed by atoms with Crippen molar-refractivity contribution >= 4 is 40.9 Å². The van der Waals surface area contributed by atoms with Crippen molar-refractivity contribution in [3.63, 3.8) is 0 Å². The number of amides is 3. The molecule has 0 aliphatic carbocycles. The molecule has 2 fully saturated rings. The van der Waals surface area contributed by atoms with Crippen molar-refractivity contribution in [2.75, 3.05) is 36.1 Å². The van der Waals surface area contributed by atoms with Crippen LogP contribution in [-0.4, -0.2) is 75.6 Å². The van der Waals surface area contributed by atoms with E-state index in [1.165, 1.54) is 0 Å². The molecule has 0 radical (unpaired) electrons. The molecule has 9 heteroatoms. The fourth-order valence-electron chi connectivity index (χ4n) is 7.62. The van der Waals surface area contributed by atoms with Crippen LogP contribution in [0.25, 0.3) is 0 Å². The number of aliphatic hydroxyl groups excluding tert-OH is 1. The maximum atomic E-state index is 14.8. The number of thioether (sulfide) groups is 1. The molecule has 2 aromatic carbocycles. The molecule has 4 aliphatic rings. The molecule has 6 atom stereocenters. The van der Waals surface area contributed by atoms with Gasteiger partial charge in [-0.25, -0.2) is 0 Å². The van der Waals surface area contributed by atoms with Crippen molar-refractivity contribution in [1.29, 1.82) is 0 Å². The van der Waals surface area contributed by atoms with Crippen LogP contribution in [0.1, 0.15) is 38.3 Å². The lowest BCUT2D eigenvalue weighted by Crippen LogP contribution is -2.57. The van der Waals surface area contributed by atoms with Crippen molar-refractivity contribution in [2.24, 2.45) is 11.8 Å². The number of likely N-dealkylation sites (tertiary alicyclic amines) is 1. The third-order valence-corrected chi connectivity index (χ3v) is 11.5. The van der Waals surface area contributed by atoms with E-state index in [2.05, 4.69) is 6.08 Å². The van der Waals surface area contributed by atoms with Crippen LogP contribution in [0.3, 0.4) is 0 Å². The van der Waals surface area contributed by atoms with Crippen LogP contribution in [0.5, 0.6) is 5.75 Å². The third kappa shape index (κ3) is 4.58. The van der Waals surface area contributed by atoms with E-state index in [1.807, 2.05) is 95.3 Å². The number of ether oxygens (including phenoxy) is 1. The number of carbonyl (C=O) groups is 3. The molecule has 6 rings (SSSR count). The van der Waals surface area contributed by atoms with Gasteiger partial charge in [0.1, 0.15) is 11.8 Å². The van der Waals surface area contributed by atoms with Crippen molar-refractivity contribution in [3.05, 3.63) is 77.9 Å². The SMILES string of the molecule is CCOc1ccc(N2CC=C[C@@]3(C)S[C@]45C=CCN(c6cc(C)ccc6C)C(=O)C4N([C@@H](CC)CO)C(=O)[C@@H]5[C@H]3C2=O)cc1. The van der Waals surface area contributed by atoms with Gasteiger partial charge in [0.2, 0.25) is 11.8 Å². The van der Waals surface area contributed by atoms with Gasteiger partial charge in [0.25, 0.3) is 5.91 Å². The first-order valence-electron chi connectivity index (χ1n) is 15.5. The number of rotatable bonds is 7. The summed E-state index contributed by atoms with van der Waals surface area (Å²) in [4.78, 5) is 49.3. The van der Waals surface area contributed by atoms with E-state index in [1.54, 1.807) is 26.5 Å². The third-order valence-electron chi connectivity index (χ3n) is 9.69. The number of benzene rings is 2. The highest BCUT2D eigenvalue weighted by molar-refractivity contribution is 8.02. The maximum Gasteiger partial charge on any atom is 0.251 e. The van der Waals surface area contributed by atoms with E-state index >= 15 is 0 Å². The van der Waals surface area contributed by atoms with Gasteiger partial charge in [-0.05, 0) is 75.6 Å². The van der Waals surface area contributed by atoms with E-state index in [0.717, 1.165) is 28.3 Å². The summed E-state index contributed by atoms with van der Waals surface area (Å²) in [5, 5.41) is 10.5. The molecule has 4 heterocycles. The molecule has 0 aromatic heterocycles. The van der Waals surface area contributed by atoms with Crippen LogP contribution < -0.4 is 14.5 Å². The topological polar surface area (TPSA) is 90.4 Å². The van der Waals surface area contributed by atoms with Gasteiger partial charge in [0, 0.05) is 29.2 Å². The zero-order chi connectivity index (χ0) is 31.4. The zero-order valence-corrected chi connectivity index (χ0v) is 26.8. The Morgan fingerprint density at radius 2 is 1.64 bits per heavy atom. The predicted octanol–water partition coefficient (Wildman–Crippen LogP) is 4.67. The number of anilines is 2. The zero-order valence-electron chi connectivity index (χ0n) is 26.0. The summed E-state index contributed by atoms with van der Waals surface area (Å²) in [5.74, 6) is -1.32. The normalized spacial score (nSPS) is 30.2. The number of aliphatic hydroxyl groups is 1. The van der Waals surface area contributed by atoms with E-state index in [0.29, 0.717) is 26.1 Å². The summed E-state index contributed by atoms with van der Waals surface area (Å²) >= 11 is 1.56. The molecule has 44 heavy (non-hydrogen) atoms. The lowest BCUT2D eigenvalue weighted by molar-refractivity contribution is -0.142. The largest absolute Gasteiger partial charge is 0.494 e. The summed E-state index contributed by atoms with van der Waals surface area (Å²) in [7, 11) is 0. The molecule has 4 aliphatic heterocycles. The van der Waals surface area contributed by atoms with Crippen LogP contribution in [0.2, 0.25) is 0 Å². The summed E-state index contributed by atoms with van der Waals surface area (Å²) in [6.07, 6.45) is 8.57. The first-order valence-corrected chi connectivity index (χ1v) is 16.3. The van der Waals surface area contributed by atoms with Crippen LogP contribution in [0.4, 0.5) is 11.4 Å². The molecule has 0 bridgehead atoms. The van der Waals surface area contributed by atoms with Gasteiger partial charge in [-0.15, -0.1) is 11.8 Å². The Bertz CT molecular complexity index is 1540. The van der Waals surface area contributed by atoms with E-state index in [-0.39, 0.29) is 24.3 Å². The average molecular weight is 616 g/mol. The Hall–Kier alpha value is -3.56. The summed E-state index contributed by atoms with van der Waals surface area (Å²) in [5.41, 5.74) is 3.55. The standard InChI is InChI=1S/C35H41N3O5S/c1-6-24(21-39)38-30-33(42)37(27-20-22(3)10-11-23(27)4)19-9-17-35(30)29(32(38)41)28-31(40)36(18-8-16-34(28,5)44-35)25-12-14-26(15-13-25)43-7-2/h8-17,20,24,28-30,39H,6-7,18-19,21H2,1-5H3/t24-,28-,29-,30?,34+,35-/m0/s1. The smallest absolute Gasteiger partial charge is 0.251 e. The van der Waals surface area contributed by atoms with Crippen molar-refractivity contribution in [3.8, 4) is 5.75 Å². The fourth-order valence-corrected chi connectivity index (χ4v) is 9.76. The monoisotopic (exact) mass is 615 g/mol. The quantitative estimate of drug-likeness (QED) is 0.456. The number of carbonyl (C=O) groups excluding carboxylic acids is 3. The highest BCUT2D eigenvalue weighted by atomic mass is 32.2. The molecule has 1 spiro atoms. The minimum atomic E-state index is -0.982. The Balaban J connectivity index is 1.47. The van der Waals surface area contributed by atoms with Crippen molar-refractivity contribution in [1.82, 2.24) is 4.90 Å². The van der Waals surface area contributed by atoms with Gasteiger partial charge in [0.15, 0.2) is 0 Å². The number of hydrogen-bond acceptors (Lipinski definition) is 6. The Kier molecular flexibility index (Phi) is 7.91. The second-order valence-electron chi connectivity index (χ2n) is 12.4. The van der Waals surface area contributed by atoms with Gasteiger partial charge in [-0.3, -0.25) is 14.4 Å². The molecule has 2 saturated heterocycles. The summed E-state index contributed by atoms with van der Waals surface area (Å²) in [6.45, 7) is 10.9. The van der Waals surface area contributed by atoms with Crippen LogP contribution in [0, 0.1) is 25.7 Å². The molecular weight excluding hydrogens is 574 g/mol. The van der Waals surface area contributed by atoms with Gasteiger partial charge in [-0.2, -0.15) is 0 Å². The number of fused-ring (bicyclic) bond motifs is 2. The Morgan fingerprint density at radius 1 is 0.932 bits per heavy atom. The Morgan fingerprint density at radius 3 is 2.32 bits per heavy atom. The van der Waals surface area contributed by atoms with Crippen molar-refractivity contribution in [2.45, 2.75) is 62.6 Å². The molecule has 232 valence electrons. The lowest BCUT2D eigenvalue weighted by atomic mass is 9.74.